The molecule has 0 aliphatic carbocycles. The van der Waals surface area contributed by atoms with Gasteiger partial charge in [-0.1, -0.05) is 11.6 Å². The van der Waals surface area contributed by atoms with Crippen molar-refractivity contribution in [3.8, 4) is 5.75 Å². The summed E-state index contributed by atoms with van der Waals surface area (Å²) in [6.45, 7) is 0.779. The van der Waals surface area contributed by atoms with Crippen molar-refractivity contribution < 1.29 is 9.53 Å². The van der Waals surface area contributed by atoms with Crippen LogP contribution in [0.4, 0.5) is 5.69 Å². The van der Waals surface area contributed by atoms with Crippen molar-refractivity contribution in [3.05, 3.63) is 23.2 Å². The van der Waals surface area contributed by atoms with E-state index >= 15 is 0 Å². The maximum Gasteiger partial charge on any atom is 0.145 e. The summed E-state index contributed by atoms with van der Waals surface area (Å²) in [5, 5.41) is 2.54. The van der Waals surface area contributed by atoms with Crippen molar-refractivity contribution in [2.24, 2.45) is 0 Å². The van der Waals surface area contributed by atoms with Crippen molar-refractivity contribution in [2.45, 2.75) is 12.5 Å². The second-order valence-electron chi connectivity index (χ2n) is 3.63. The van der Waals surface area contributed by atoms with E-state index in [1.807, 2.05) is 11.1 Å². The van der Waals surface area contributed by atoms with Crippen molar-refractivity contribution in [3.63, 3.8) is 0 Å². The van der Waals surface area contributed by atoms with Crippen LogP contribution in [0.15, 0.2) is 18.2 Å². The standard InChI is InChI=1S/C11H13ClN2O2/c1-16-11-6-8(12)2-3-10(11)14-5-4-9(7-15)13-14/h2-3,6-7,9,13H,4-5H2,1H3. The molecule has 0 aromatic heterocycles. The minimum absolute atomic E-state index is 0.111. The molecule has 2 rings (SSSR count). The highest BCUT2D eigenvalue weighted by molar-refractivity contribution is 6.30. The van der Waals surface area contributed by atoms with Gasteiger partial charge in [-0.15, -0.1) is 0 Å². The van der Waals surface area contributed by atoms with Gasteiger partial charge in [-0.2, -0.15) is 0 Å². The second kappa shape index (κ2) is 4.72. The molecule has 0 bridgehead atoms. The molecule has 0 saturated carbocycles. The lowest BCUT2D eigenvalue weighted by Crippen LogP contribution is -2.36. The van der Waals surface area contributed by atoms with Crippen molar-refractivity contribution in [1.29, 1.82) is 0 Å². The summed E-state index contributed by atoms with van der Waals surface area (Å²) in [6, 6.07) is 5.32. The first-order chi connectivity index (χ1) is 7.74. The van der Waals surface area contributed by atoms with E-state index in [2.05, 4.69) is 5.43 Å². The first kappa shape index (κ1) is 11.2. The van der Waals surface area contributed by atoms with Gasteiger partial charge in [-0.25, -0.2) is 5.43 Å². The number of benzene rings is 1. The molecule has 1 unspecified atom stereocenters. The Hall–Kier alpha value is -1.26. The number of hydrogen-bond acceptors (Lipinski definition) is 4. The van der Waals surface area contributed by atoms with E-state index in [1.165, 1.54) is 0 Å². The monoisotopic (exact) mass is 240 g/mol. The lowest BCUT2D eigenvalue weighted by Gasteiger charge is -2.21. The van der Waals surface area contributed by atoms with Gasteiger partial charge >= 0.3 is 0 Å². The fourth-order valence-corrected chi connectivity index (χ4v) is 1.92. The molecule has 16 heavy (non-hydrogen) atoms. The summed E-state index contributed by atoms with van der Waals surface area (Å²) in [5.41, 5.74) is 3.99. The minimum Gasteiger partial charge on any atom is -0.494 e. The first-order valence-electron chi connectivity index (χ1n) is 5.07. The number of ether oxygens (including phenoxy) is 1. The molecule has 1 aromatic rings. The fourth-order valence-electron chi connectivity index (χ4n) is 1.76. The smallest absolute Gasteiger partial charge is 0.145 e. The number of hydrogen-bond donors (Lipinski definition) is 1. The van der Waals surface area contributed by atoms with Crippen molar-refractivity contribution in [2.75, 3.05) is 18.7 Å². The van der Waals surface area contributed by atoms with E-state index in [-0.39, 0.29) is 6.04 Å². The Morgan fingerprint density at radius 3 is 3.06 bits per heavy atom. The van der Waals surface area contributed by atoms with Gasteiger partial charge in [0.05, 0.1) is 18.8 Å². The van der Waals surface area contributed by atoms with Gasteiger partial charge < -0.3 is 14.5 Å². The molecule has 1 aliphatic heterocycles. The van der Waals surface area contributed by atoms with Gasteiger partial charge in [0.15, 0.2) is 0 Å². The molecule has 0 spiro atoms. The molecule has 1 fully saturated rings. The van der Waals surface area contributed by atoms with E-state index in [4.69, 9.17) is 16.3 Å². The highest BCUT2D eigenvalue weighted by Crippen LogP contribution is 2.31. The predicted molar refractivity (Wildman–Crippen MR) is 63.0 cm³/mol. The molecule has 1 aliphatic rings. The molecule has 1 aromatic carbocycles. The molecular formula is C11H13ClN2O2. The van der Waals surface area contributed by atoms with Crippen LogP contribution in [0.2, 0.25) is 5.02 Å². The third-order valence-electron chi connectivity index (χ3n) is 2.58. The Morgan fingerprint density at radius 2 is 2.44 bits per heavy atom. The molecule has 1 heterocycles. The molecule has 0 amide bonds. The predicted octanol–water partition coefficient (Wildman–Crippen LogP) is 1.63. The summed E-state index contributed by atoms with van der Waals surface area (Å²) in [4.78, 5) is 10.7. The number of carbonyl (C=O) groups is 1. The lowest BCUT2D eigenvalue weighted by atomic mass is 10.2. The SMILES string of the molecule is COc1cc(Cl)ccc1N1CCC(C=O)N1. The number of halogens is 1. The maximum atomic E-state index is 10.7. The van der Waals surface area contributed by atoms with Gasteiger partial charge in [-0.05, 0) is 18.6 Å². The molecule has 5 heteroatoms. The number of aldehydes is 1. The number of rotatable bonds is 3. The zero-order chi connectivity index (χ0) is 11.5. The zero-order valence-electron chi connectivity index (χ0n) is 8.94. The molecule has 1 N–H and O–H groups in total. The highest BCUT2D eigenvalue weighted by atomic mass is 35.5. The Bertz CT molecular complexity index is 398. The van der Waals surface area contributed by atoms with Gasteiger partial charge in [0.2, 0.25) is 0 Å². The number of anilines is 1. The number of methoxy groups -OCH3 is 1. The Morgan fingerprint density at radius 1 is 1.62 bits per heavy atom. The molecular weight excluding hydrogens is 228 g/mol. The maximum absolute atomic E-state index is 10.7. The summed E-state index contributed by atoms with van der Waals surface area (Å²) >= 11 is 5.88. The average molecular weight is 241 g/mol. The third kappa shape index (κ3) is 2.13. The zero-order valence-corrected chi connectivity index (χ0v) is 9.70. The van der Waals surface area contributed by atoms with Crippen molar-refractivity contribution in [1.82, 2.24) is 5.43 Å². The molecule has 86 valence electrons. The van der Waals surface area contributed by atoms with Crippen LogP contribution in [-0.4, -0.2) is 26.0 Å². The number of carbonyl (C=O) groups excluding carboxylic acids is 1. The van der Waals surface area contributed by atoms with E-state index in [0.717, 1.165) is 24.9 Å². The Labute approximate surface area is 99.1 Å². The highest BCUT2D eigenvalue weighted by Gasteiger charge is 2.23. The molecule has 1 atom stereocenters. The van der Waals surface area contributed by atoms with Crippen LogP contribution in [0.3, 0.4) is 0 Å². The largest absolute Gasteiger partial charge is 0.494 e. The second-order valence-corrected chi connectivity index (χ2v) is 4.06. The van der Waals surface area contributed by atoms with Crippen LogP contribution in [0.1, 0.15) is 6.42 Å². The van der Waals surface area contributed by atoms with Gasteiger partial charge in [0, 0.05) is 17.6 Å². The van der Waals surface area contributed by atoms with Gasteiger partial charge in [-0.3, -0.25) is 0 Å². The summed E-state index contributed by atoms with van der Waals surface area (Å²) in [5.74, 6) is 0.701. The van der Waals surface area contributed by atoms with Gasteiger partial charge in [0.1, 0.15) is 12.0 Å². The Balaban J connectivity index is 2.23. The van der Waals surface area contributed by atoms with E-state index in [9.17, 15) is 4.79 Å². The van der Waals surface area contributed by atoms with Crippen LogP contribution >= 0.6 is 11.6 Å². The van der Waals surface area contributed by atoms with Crippen molar-refractivity contribution >= 4 is 23.6 Å². The summed E-state index contributed by atoms with van der Waals surface area (Å²) < 4.78 is 5.25. The fraction of sp³-hybridized carbons (Fsp3) is 0.364. The van der Waals surface area contributed by atoms with E-state index < -0.39 is 0 Å². The van der Waals surface area contributed by atoms with E-state index in [1.54, 1.807) is 19.2 Å². The summed E-state index contributed by atoms with van der Waals surface area (Å²) in [6.07, 6.45) is 1.72. The topological polar surface area (TPSA) is 41.6 Å². The third-order valence-corrected chi connectivity index (χ3v) is 2.82. The normalized spacial score (nSPS) is 19.9. The van der Waals surface area contributed by atoms with Crippen LogP contribution in [0, 0.1) is 0 Å². The number of hydrazine groups is 1. The minimum atomic E-state index is -0.111. The van der Waals surface area contributed by atoms with Crippen LogP contribution in [0.5, 0.6) is 5.75 Å². The summed E-state index contributed by atoms with van der Waals surface area (Å²) in [7, 11) is 1.60. The first-order valence-corrected chi connectivity index (χ1v) is 5.45. The lowest BCUT2D eigenvalue weighted by molar-refractivity contribution is -0.109. The molecule has 0 radical (unpaired) electrons. The van der Waals surface area contributed by atoms with Crippen LogP contribution < -0.4 is 15.2 Å². The molecule has 1 saturated heterocycles. The number of nitrogens with zero attached hydrogens (tertiary/aromatic N) is 1. The van der Waals surface area contributed by atoms with Gasteiger partial charge in [0.25, 0.3) is 0 Å². The average Bonchev–Trinajstić information content (AvgIpc) is 2.77. The molecule has 4 nitrogen and oxygen atoms in total. The van der Waals surface area contributed by atoms with E-state index in [0.29, 0.717) is 10.8 Å². The quantitative estimate of drug-likeness (QED) is 0.816. The number of nitrogens with one attached hydrogen (secondary N) is 1. The van der Waals surface area contributed by atoms with Crippen LogP contribution in [0.25, 0.3) is 0 Å². The Kier molecular flexibility index (Phi) is 3.31. The van der Waals surface area contributed by atoms with Crippen LogP contribution in [-0.2, 0) is 4.79 Å².